The summed E-state index contributed by atoms with van der Waals surface area (Å²) in [6, 6.07) is 12.6. The molecule has 0 spiro atoms. The molecule has 146 valence electrons. The summed E-state index contributed by atoms with van der Waals surface area (Å²) in [5.74, 6) is 1.09. The number of hydrogen-bond acceptors (Lipinski definition) is 5. The Morgan fingerprint density at radius 1 is 1.14 bits per heavy atom. The van der Waals surface area contributed by atoms with Gasteiger partial charge in [0.2, 0.25) is 0 Å². The standard InChI is InChI=1S/C21H21ClN2O3S/c1-4-7-18-19(13-10-14(26-2)12-15(11-13)27-3)23-21(28-18)24-20(25)16-8-5-6-9-17(16)22/h5-6,8-12H,4,7H2,1-3H3,(H,23,24,25). The first kappa shape index (κ1) is 20.2. The molecular weight excluding hydrogens is 396 g/mol. The summed E-state index contributed by atoms with van der Waals surface area (Å²) in [6.45, 7) is 2.11. The Kier molecular flexibility index (Phi) is 6.54. The van der Waals surface area contributed by atoms with Crippen LogP contribution in [0.4, 0.5) is 5.13 Å². The number of anilines is 1. The van der Waals surface area contributed by atoms with E-state index in [0.29, 0.717) is 27.2 Å². The van der Waals surface area contributed by atoms with Gasteiger partial charge < -0.3 is 9.47 Å². The van der Waals surface area contributed by atoms with Crippen LogP contribution in [0.25, 0.3) is 11.3 Å². The highest BCUT2D eigenvalue weighted by Crippen LogP contribution is 2.36. The normalized spacial score (nSPS) is 10.6. The number of nitrogens with zero attached hydrogens (tertiary/aromatic N) is 1. The Balaban J connectivity index is 1.96. The maximum Gasteiger partial charge on any atom is 0.258 e. The highest BCUT2D eigenvalue weighted by Gasteiger charge is 2.17. The number of benzene rings is 2. The number of halogens is 1. The molecule has 1 heterocycles. The third-order valence-electron chi connectivity index (χ3n) is 4.14. The van der Waals surface area contributed by atoms with Crippen molar-refractivity contribution in [1.82, 2.24) is 4.98 Å². The van der Waals surface area contributed by atoms with E-state index in [1.165, 1.54) is 11.3 Å². The number of ether oxygens (including phenoxy) is 2. The van der Waals surface area contributed by atoms with Gasteiger partial charge in [-0.05, 0) is 30.7 Å². The van der Waals surface area contributed by atoms with Crippen LogP contribution in [0.2, 0.25) is 5.02 Å². The summed E-state index contributed by atoms with van der Waals surface area (Å²) in [5, 5.41) is 3.80. The van der Waals surface area contributed by atoms with Crippen molar-refractivity contribution in [1.29, 1.82) is 0 Å². The molecule has 1 aromatic heterocycles. The fraction of sp³-hybridized carbons (Fsp3) is 0.238. The highest BCUT2D eigenvalue weighted by atomic mass is 35.5. The molecular formula is C21H21ClN2O3S. The lowest BCUT2D eigenvalue weighted by atomic mass is 10.1. The number of amides is 1. The number of hydrogen-bond donors (Lipinski definition) is 1. The smallest absolute Gasteiger partial charge is 0.258 e. The van der Waals surface area contributed by atoms with Gasteiger partial charge in [0.1, 0.15) is 11.5 Å². The van der Waals surface area contributed by atoms with Crippen LogP contribution in [0, 0.1) is 0 Å². The monoisotopic (exact) mass is 416 g/mol. The number of methoxy groups -OCH3 is 2. The first-order valence-corrected chi connectivity index (χ1v) is 10.0. The van der Waals surface area contributed by atoms with Crippen molar-refractivity contribution in [3.8, 4) is 22.8 Å². The molecule has 0 fully saturated rings. The number of aromatic nitrogens is 1. The minimum Gasteiger partial charge on any atom is -0.497 e. The van der Waals surface area contributed by atoms with Crippen molar-refractivity contribution >= 4 is 34.0 Å². The Labute approximate surface area is 173 Å². The van der Waals surface area contributed by atoms with Crippen LogP contribution < -0.4 is 14.8 Å². The molecule has 3 aromatic rings. The second-order valence-electron chi connectivity index (χ2n) is 6.08. The van der Waals surface area contributed by atoms with E-state index in [1.54, 1.807) is 38.5 Å². The van der Waals surface area contributed by atoms with Gasteiger partial charge in [-0.25, -0.2) is 4.98 Å². The van der Waals surface area contributed by atoms with E-state index in [-0.39, 0.29) is 5.91 Å². The van der Waals surface area contributed by atoms with Crippen molar-refractivity contribution in [2.24, 2.45) is 0 Å². The van der Waals surface area contributed by atoms with Crippen molar-refractivity contribution in [2.75, 3.05) is 19.5 Å². The minimum absolute atomic E-state index is 0.280. The van der Waals surface area contributed by atoms with Gasteiger partial charge in [-0.3, -0.25) is 10.1 Å². The van der Waals surface area contributed by atoms with Crippen LogP contribution in [0.5, 0.6) is 11.5 Å². The summed E-state index contributed by atoms with van der Waals surface area (Å²) in [5.41, 5.74) is 2.12. The van der Waals surface area contributed by atoms with Crippen molar-refractivity contribution in [3.63, 3.8) is 0 Å². The van der Waals surface area contributed by atoms with Gasteiger partial charge >= 0.3 is 0 Å². The topological polar surface area (TPSA) is 60.5 Å². The van der Waals surface area contributed by atoms with Crippen LogP contribution >= 0.6 is 22.9 Å². The van der Waals surface area contributed by atoms with Gasteiger partial charge in [0.05, 0.1) is 30.5 Å². The van der Waals surface area contributed by atoms with Crippen LogP contribution in [0.1, 0.15) is 28.6 Å². The van der Waals surface area contributed by atoms with E-state index in [2.05, 4.69) is 17.2 Å². The predicted octanol–water partition coefficient (Wildman–Crippen LogP) is 5.69. The minimum atomic E-state index is -0.280. The Hall–Kier alpha value is -2.57. The SMILES string of the molecule is CCCc1sc(NC(=O)c2ccccc2Cl)nc1-c1cc(OC)cc(OC)c1. The number of carbonyl (C=O) groups is 1. The Bertz CT molecular complexity index is 965. The molecule has 0 saturated heterocycles. The van der Waals surface area contributed by atoms with E-state index in [4.69, 9.17) is 21.1 Å². The summed E-state index contributed by atoms with van der Waals surface area (Å²) in [4.78, 5) is 18.3. The molecule has 1 amide bonds. The zero-order valence-corrected chi connectivity index (χ0v) is 17.5. The molecule has 1 N–H and O–H groups in total. The summed E-state index contributed by atoms with van der Waals surface area (Å²) < 4.78 is 10.7. The molecule has 0 aliphatic carbocycles. The van der Waals surface area contributed by atoms with E-state index in [1.807, 2.05) is 18.2 Å². The lowest BCUT2D eigenvalue weighted by Crippen LogP contribution is -2.12. The largest absolute Gasteiger partial charge is 0.497 e. The second-order valence-corrected chi connectivity index (χ2v) is 7.57. The molecule has 0 radical (unpaired) electrons. The molecule has 28 heavy (non-hydrogen) atoms. The number of aryl methyl sites for hydroxylation is 1. The average Bonchev–Trinajstić information content (AvgIpc) is 3.10. The second kappa shape index (κ2) is 9.08. The molecule has 7 heteroatoms. The van der Waals surface area contributed by atoms with Crippen molar-refractivity contribution < 1.29 is 14.3 Å². The average molecular weight is 417 g/mol. The van der Waals surface area contributed by atoms with Crippen LogP contribution in [0.15, 0.2) is 42.5 Å². The first-order valence-electron chi connectivity index (χ1n) is 8.84. The quantitative estimate of drug-likeness (QED) is 0.537. The molecule has 2 aromatic carbocycles. The van der Waals surface area contributed by atoms with E-state index < -0.39 is 0 Å². The fourth-order valence-electron chi connectivity index (χ4n) is 2.78. The van der Waals surface area contributed by atoms with Crippen molar-refractivity contribution in [3.05, 3.63) is 57.9 Å². The number of rotatable bonds is 7. The predicted molar refractivity (Wildman–Crippen MR) is 114 cm³/mol. The number of carbonyl (C=O) groups excluding carboxylic acids is 1. The lowest BCUT2D eigenvalue weighted by molar-refractivity contribution is 0.102. The molecule has 0 saturated carbocycles. The summed E-state index contributed by atoms with van der Waals surface area (Å²) in [6.07, 6.45) is 1.82. The molecule has 0 aliphatic heterocycles. The fourth-order valence-corrected chi connectivity index (χ4v) is 4.08. The van der Waals surface area contributed by atoms with Gasteiger partial charge in [-0.2, -0.15) is 0 Å². The molecule has 0 aliphatic rings. The van der Waals surface area contributed by atoms with Gasteiger partial charge in [0.25, 0.3) is 5.91 Å². The van der Waals surface area contributed by atoms with Gasteiger partial charge in [-0.15, -0.1) is 11.3 Å². The third kappa shape index (κ3) is 4.46. The maximum atomic E-state index is 12.6. The summed E-state index contributed by atoms with van der Waals surface area (Å²) in [7, 11) is 3.23. The van der Waals surface area contributed by atoms with Gasteiger partial charge in [0, 0.05) is 16.5 Å². The van der Waals surface area contributed by atoms with E-state index in [9.17, 15) is 4.79 Å². The van der Waals surface area contributed by atoms with E-state index >= 15 is 0 Å². The molecule has 5 nitrogen and oxygen atoms in total. The zero-order chi connectivity index (χ0) is 20.1. The zero-order valence-electron chi connectivity index (χ0n) is 15.9. The van der Waals surface area contributed by atoms with Crippen LogP contribution in [-0.4, -0.2) is 25.1 Å². The molecule has 3 rings (SSSR count). The number of nitrogens with one attached hydrogen (secondary N) is 1. The summed E-state index contributed by atoms with van der Waals surface area (Å²) >= 11 is 7.60. The van der Waals surface area contributed by atoms with Crippen molar-refractivity contribution in [2.45, 2.75) is 19.8 Å². The number of thiazole rings is 1. The highest BCUT2D eigenvalue weighted by molar-refractivity contribution is 7.16. The molecule has 0 atom stereocenters. The van der Waals surface area contributed by atoms with E-state index in [0.717, 1.165) is 29.0 Å². The Morgan fingerprint density at radius 2 is 1.82 bits per heavy atom. The van der Waals surface area contributed by atoms with Gasteiger partial charge in [-0.1, -0.05) is 37.1 Å². The third-order valence-corrected chi connectivity index (χ3v) is 5.50. The van der Waals surface area contributed by atoms with Gasteiger partial charge in [0.15, 0.2) is 5.13 Å². The van der Waals surface area contributed by atoms with Crippen LogP contribution in [0.3, 0.4) is 0 Å². The molecule has 0 unspecified atom stereocenters. The van der Waals surface area contributed by atoms with Crippen LogP contribution in [-0.2, 0) is 6.42 Å². The first-order chi connectivity index (χ1) is 13.5. The molecule has 0 bridgehead atoms. The maximum absolute atomic E-state index is 12.6. The lowest BCUT2D eigenvalue weighted by Gasteiger charge is -2.08. The Morgan fingerprint density at radius 3 is 2.43 bits per heavy atom.